The van der Waals surface area contributed by atoms with Gasteiger partial charge in [-0.05, 0) is 77.9 Å². The second-order valence-electron chi connectivity index (χ2n) is 9.13. The Morgan fingerprint density at radius 1 is 1.08 bits per heavy atom. The fourth-order valence-electron chi connectivity index (χ4n) is 4.61. The number of rotatable bonds is 8. The maximum absolute atomic E-state index is 14.4. The lowest BCUT2D eigenvalue weighted by Gasteiger charge is -2.23. The van der Waals surface area contributed by atoms with Gasteiger partial charge in [0.05, 0.1) is 12.1 Å². The molecule has 0 aliphatic carbocycles. The molecule has 0 saturated carbocycles. The summed E-state index contributed by atoms with van der Waals surface area (Å²) in [6.45, 7) is 3.66. The molecule has 2 amide bonds. The average Bonchev–Trinajstić information content (AvgIpc) is 3.42. The van der Waals surface area contributed by atoms with Gasteiger partial charge in [0.15, 0.2) is 0 Å². The van der Waals surface area contributed by atoms with Gasteiger partial charge in [-0.1, -0.05) is 17.7 Å². The summed E-state index contributed by atoms with van der Waals surface area (Å²) in [4.78, 5) is 29.8. The predicted molar refractivity (Wildman–Crippen MR) is 143 cm³/mol. The van der Waals surface area contributed by atoms with Crippen LogP contribution in [0.25, 0.3) is 0 Å². The van der Waals surface area contributed by atoms with Gasteiger partial charge in [-0.2, -0.15) is 0 Å². The second kappa shape index (κ2) is 11.5. The van der Waals surface area contributed by atoms with Crippen molar-refractivity contribution in [3.63, 3.8) is 0 Å². The van der Waals surface area contributed by atoms with Crippen LogP contribution < -0.4 is 16.7 Å². The highest BCUT2D eigenvalue weighted by molar-refractivity contribution is 7.97. The zero-order valence-corrected chi connectivity index (χ0v) is 22.0. The molecule has 0 atom stereocenters. The highest BCUT2D eigenvalue weighted by Crippen LogP contribution is 2.29. The van der Waals surface area contributed by atoms with E-state index in [0.717, 1.165) is 34.2 Å². The van der Waals surface area contributed by atoms with Gasteiger partial charge < -0.3 is 15.5 Å². The normalized spacial score (nSPS) is 15.4. The zero-order valence-electron chi connectivity index (χ0n) is 20.4. The molecule has 196 valence electrons. The Bertz CT molecular complexity index is 1260. The Kier molecular flexibility index (Phi) is 8.38. The molecule has 6 N–H and O–H groups in total. The van der Waals surface area contributed by atoms with Crippen LogP contribution in [0.15, 0.2) is 57.5 Å². The molecule has 0 spiro atoms. The molecule has 9 nitrogen and oxygen atoms in total. The molecule has 2 aliphatic heterocycles. The highest BCUT2D eigenvalue weighted by atomic mass is 35.5. The molecule has 0 fully saturated rings. The smallest absolute Gasteiger partial charge is 0.257 e. The molecule has 2 aromatic carbocycles. The van der Waals surface area contributed by atoms with Crippen LogP contribution in [0, 0.1) is 5.82 Å². The van der Waals surface area contributed by atoms with Crippen molar-refractivity contribution in [1.82, 2.24) is 14.9 Å². The van der Waals surface area contributed by atoms with Gasteiger partial charge >= 0.3 is 0 Å². The van der Waals surface area contributed by atoms with Crippen molar-refractivity contribution in [2.45, 2.75) is 31.2 Å². The minimum atomic E-state index is -0.589. The van der Waals surface area contributed by atoms with Crippen molar-refractivity contribution < 1.29 is 14.0 Å². The number of hydrogen-bond acceptors (Lipinski definition) is 7. The average molecular weight is 546 g/mol. The van der Waals surface area contributed by atoms with E-state index in [-0.39, 0.29) is 17.4 Å². The maximum atomic E-state index is 14.4. The van der Waals surface area contributed by atoms with Crippen LogP contribution in [0.5, 0.6) is 0 Å². The number of hydrazone groups is 1. The Morgan fingerprint density at radius 2 is 1.76 bits per heavy atom. The number of nitrogens with zero attached hydrogens (tertiary/aromatic N) is 4. The summed E-state index contributed by atoms with van der Waals surface area (Å²) in [5.74, 6) is 5.32. The van der Waals surface area contributed by atoms with E-state index < -0.39 is 5.82 Å². The Morgan fingerprint density at radius 3 is 2.38 bits per heavy atom. The van der Waals surface area contributed by atoms with E-state index in [9.17, 15) is 14.0 Å². The minimum Gasteiger partial charge on any atom is -0.386 e. The number of hydrogen-bond donors (Lipinski definition) is 3. The van der Waals surface area contributed by atoms with Gasteiger partial charge in [-0.25, -0.2) is 15.4 Å². The second-order valence-corrected chi connectivity index (χ2v) is 10.3. The summed E-state index contributed by atoms with van der Waals surface area (Å²) in [6, 6.07) is 9.84. The van der Waals surface area contributed by atoms with Gasteiger partial charge in [0.25, 0.3) is 5.91 Å². The number of aryl methyl sites for hydroxylation is 1. The van der Waals surface area contributed by atoms with Crippen molar-refractivity contribution >= 4 is 41.2 Å². The third kappa shape index (κ3) is 6.42. The third-order valence-electron chi connectivity index (χ3n) is 6.37. The number of nitrogens with two attached hydrogens (primary N) is 3. The Labute approximate surface area is 224 Å². The number of carbonyl (C=O) groups excluding carboxylic acids is 2. The molecule has 2 aromatic rings. The molecule has 0 bridgehead atoms. The fraction of sp³-hybridized carbons (Fsp3) is 0.320. The predicted octanol–water partition coefficient (Wildman–Crippen LogP) is 2.64. The van der Waals surface area contributed by atoms with Crippen LogP contribution in [0.3, 0.4) is 0 Å². The van der Waals surface area contributed by atoms with Crippen LogP contribution in [-0.2, 0) is 17.8 Å². The van der Waals surface area contributed by atoms with Crippen molar-refractivity contribution in [3.8, 4) is 0 Å². The first-order valence-electron chi connectivity index (χ1n) is 11.7. The SMILES string of the molecule is C/C(N)=N/N(N)Cc1cc(Cl)ccc1CCC(=O)N1CC2=C(C1)CN(C(=O)c1ccc(SN)cc1F)C2. The molecule has 4 rings (SSSR count). The largest absolute Gasteiger partial charge is 0.386 e. The number of amides is 2. The molecule has 12 heteroatoms. The minimum absolute atomic E-state index is 0.0223. The van der Waals surface area contributed by atoms with Gasteiger partial charge in [0.2, 0.25) is 5.91 Å². The first-order valence-corrected chi connectivity index (χ1v) is 12.9. The van der Waals surface area contributed by atoms with E-state index in [2.05, 4.69) is 5.10 Å². The quantitative estimate of drug-likeness (QED) is 0.116. The third-order valence-corrected chi connectivity index (χ3v) is 7.13. The molecular formula is C25H29ClFN7O2S. The number of hydrazine groups is 1. The molecule has 0 aromatic heterocycles. The maximum Gasteiger partial charge on any atom is 0.257 e. The topological polar surface area (TPSA) is 134 Å². The summed E-state index contributed by atoms with van der Waals surface area (Å²) in [5.41, 5.74) is 9.52. The van der Waals surface area contributed by atoms with Crippen LogP contribution in [0.1, 0.15) is 34.8 Å². The van der Waals surface area contributed by atoms with E-state index in [1.54, 1.807) is 28.9 Å². The lowest BCUT2D eigenvalue weighted by atomic mass is 10.0. The summed E-state index contributed by atoms with van der Waals surface area (Å²) in [5, 5.41) is 11.3. The molecule has 0 radical (unpaired) electrons. The van der Waals surface area contributed by atoms with Crippen LogP contribution in [0.4, 0.5) is 4.39 Å². The van der Waals surface area contributed by atoms with Crippen LogP contribution >= 0.6 is 23.5 Å². The lowest BCUT2D eigenvalue weighted by molar-refractivity contribution is -0.130. The molecule has 37 heavy (non-hydrogen) atoms. The first-order chi connectivity index (χ1) is 17.6. The van der Waals surface area contributed by atoms with Crippen LogP contribution in [0.2, 0.25) is 5.02 Å². The monoisotopic (exact) mass is 545 g/mol. The first kappa shape index (κ1) is 26.9. The summed E-state index contributed by atoms with van der Waals surface area (Å²) < 4.78 is 14.4. The Hall–Kier alpha value is -3.12. The molecule has 2 aliphatic rings. The van der Waals surface area contributed by atoms with Gasteiger partial charge in [-0.15, -0.1) is 5.10 Å². The Balaban J connectivity index is 1.32. The molecule has 2 heterocycles. The summed E-state index contributed by atoms with van der Waals surface area (Å²) in [7, 11) is 0. The van der Waals surface area contributed by atoms with E-state index in [1.165, 1.54) is 17.3 Å². The summed E-state index contributed by atoms with van der Waals surface area (Å²) in [6.07, 6.45) is 0.838. The molecule has 0 saturated heterocycles. The van der Waals surface area contributed by atoms with E-state index in [0.29, 0.717) is 61.3 Å². The zero-order chi connectivity index (χ0) is 26.7. The highest BCUT2D eigenvalue weighted by Gasteiger charge is 2.34. The van der Waals surface area contributed by atoms with E-state index in [1.807, 2.05) is 12.1 Å². The summed E-state index contributed by atoms with van der Waals surface area (Å²) >= 11 is 7.09. The number of carbonyl (C=O) groups is 2. The van der Waals surface area contributed by atoms with E-state index in [4.69, 9.17) is 28.3 Å². The number of halogens is 2. The molecular weight excluding hydrogens is 517 g/mol. The standard InChI is InChI=1S/C25H29ClFN7O2S/c1-15(28)31-34(29)14-17-8-20(26)4-2-16(17)3-7-24(35)32-10-18-12-33(13-19(18)11-32)25(36)22-6-5-21(37-30)9-23(22)27/h2,4-6,8-9H,3,7,10-14,29-30H2,1H3,(H2,28,31). The molecule has 0 unspecified atom stereocenters. The van der Waals surface area contributed by atoms with Crippen molar-refractivity contribution in [1.29, 1.82) is 0 Å². The van der Waals surface area contributed by atoms with E-state index >= 15 is 0 Å². The van der Waals surface area contributed by atoms with Crippen molar-refractivity contribution in [3.05, 3.63) is 75.1 Å². The van der Waals surface area contributed by atoms with Gasteiger partial charge in [0, 0.05) is 42.5 Å². The fourth-order valence-corrected chi connectivity index (χ4v) is 5.12. The lowest BCUT2D eigenvalue weighted by Crippen LogP contribution is -2.36. The van der Waals surface area contributed by atoms with Crippen LogP contribution in [-0.4, -0.2) is 58.7 Å². The van der Waals surface area contributed by atoms with Crippen molar-refractivity contribution in [2.24, 2.45) is 21.8 Å². The van der Waals surface area contributed by atoms with Gasteiger partial charge in [-0.3, -0.25) is 14.7 Å². The van der Waals surface area contributed by atoms with Crippen molar-refractivity contribution in [2.75, 3.05) is 26.2 Å². The number of amidine groups is 1. The van der Waals surface area contributed by atoms with Gasteiger partial charge in [0.1, 0.15) is 11.7 Å². The number of benzene rings is 2.